The van der Waals surface area contributed by atoms with Crippen LogP contribution in [0.1, 0.15) is 34.7 Å². The fourth-order valence-electron chi connectivity index (χ4n) is 3.45. The maximum atomic E-state index is 13.3. The fraction of sp³-hybridized carbons (Fsp3) is 0.174. The lowest BCUT2D eigenvalue weighted by Gasteiger charge is -2.25. The second kappa shape index (κ2) is 7.57. The third-order valence-electron chi connectivity index (χ3n) is 5.16. The summed E-state index contributed by atoms with van der Waals surface area (Å²) in [6, 6.07) is 18.2. The number of aryl methyl sites for hydroxylation is 2. The Bertz CT molecular complexity index is 1060. The highest BCUT2D eigenvalue weighted by molar-refractivity contribution is 6.35. The molecular formula is C23H19Cl2FN2. The highest BCUT2D eigenvalue weighted by atomic mass is 35.5. The maximum absolute atomic E-state index is 13.3. The van der Waals surface area contributed by atoms with E-state index in [9.17, 15) is 4.39 Å². The number of rotatable bonds is 3. The minimum Gasteiger partial charge on any atom is -0.257 e. The van der Waals surface area contributed by atoms with Crippen molar-refractivity contribution in [3.05, 3.63) is 98.8 Å². The number of benzene rings is 3. The highest BCUT2D eigenvalue weighted by Crippen LogP contribution is 2.40. The van der Waals surface area contributed by atoms with Gasteiger partial charge in [0.15, 0.2) is 0 Å². The van der Waals surface area contributed by atoms with Crippen LogP contribution in [0.2, 0.25) is 10.0 Å². The first-order valence-electron chi connectivity index (χ1n) is 9.07. The Morgan fingerprint density at radius 3 is 2.36 bits per heavy atom. The summed E-state index contributed by atoms with van der Waals surface area (Å²) in [7, 11) is 0. The van der Waals surface area contributed by atoms with Crippen molar-refractivity contribution in [1.29, 1.82) is 0 Å². The fourth-order valence-corrected chi connectivity index (χ4v) is 3.98. The molecule has 1 aliphatic heterocycles. The van der Waals surface area contributed by atoms with E-state index in [0.717, 1.165) is 22.5 Å². The topological polar surface area (TPSA) is 15.6 Å². The van der Waals surface area contributed by atoms with Crippen LogP contribution >= 0.6 is 23.2 Å². The maximum Gasteiger partial charge on any atom is 0.123 e. The Hall–Kier alpha value is -2.36. The Balaban J connectivity index is 1.79. The van der Waals surface area contributed by atoms with Crippen molar-refractivity contribution >= 4 is 34.6 Å². The van der Waals surface area contributed by atoms with Crippen molar-refractivity contribution in [3.63, 3.8) is 0 Å². The van der Waals surface area contributed by atoms with E-state index < -0.39 is 0 Å². The number of hydrazone groups is 1. The summed E-state index contributed by atoms with van der Waals surface area (Å²) in [6.45, 7) is 4.17. The Kier molecular flexibility index (Phi) is 5.13. The third kappa shape index (κ3) is 3.65. The van der Waals surface area contributed by atoms with Gasteiger partial charge in [0.25, 0.3) is 0 Å². The largest absolute Gasteiger partial charge is 0.257 e. The standard InChI is InChI=1S/C23H19Cl2FN2/c1-14-3-9-19(11-15(14)2)28-23(20-10-6-17(24)12-21(20)25)13-22(27-28)16-4-7-18(26)8-5-16/h3-12,23H,13H2,1-2H3. The van der Waals surface area contributed by atoms with Gasteiger partial charge in [0.05, 0.1) is 17.4 Å². The molecule has 4 rings (SSSR count). The van der Waals surface area contributed by atoms with Crippen LogP contribution in [0.15, 0.2) is 65.8 Å². The first-order valence-corrected chi connectivity index (χ1v) is 9.83. The highest BCUT2D eigenvalue weighted by Gasteiger charge is 2.31. The van der Waals surface area contributed by atoms with E-state index in [2.05, 4.69) is 32.0 Å². The summed E-state index contributed by atoms with van der Waals surface area (Å²) in [6.07, 6.45) is 0.667. The smallest absolute Gasteiger partial charge is 0.123 e. The van der Waals surface area contributed by atoms with Gasteiger partial charge in [-0.3, -0.25) is 5.01 Å². The van der Waals surface area contributed by atoms with E-state index in [4.69, 9.17) is 28.3 Å². The predicted molar refractivity (Wildman–Crippen MR) is 115 cm³/mol. The molecule has 28 heavy (non-hydrogen) atoms. The van der Waals surface area contributed by atoms with Gasteiger partial charge in [0.1, 0.15) is 5.82 Å². The molecule has 0 aliphatic carbocycles. The van der Waals surface area contributed by atoms with E-state index in [1.807, 2.05) is 17.1 Å². The van der Waals surface area contributed by atoms with Gasteiger partial charge in [-0.2, -0.15) is 5.10 Å². The van der Waals surface area contributed by atoms with E-state index in [-0.39, 0.29) is 11.9 Å². The Morgan fingerprint density at radius 1 is 0.929 bits per heavy atom. The van der Waals surface area contributed by atoms with E-state index >= 15 is 0 Å². The minimum atomic E-state index is -0.259. The number of halogens is 3. The zero-order valence-electron chi connectivity index (χ0n) is 15.6. The first kappa shape index (κ1) is 19.0. The predicted octanol–water partition coefficient (Wildman–Crippen LogP) is 7.11. The molecule has 0 amide bonds. The molecule has 0 radical (unpaired) electrons. The molecule has 0 bridgehead atoms. The second-order valence-corrected chi connectivity index (χ2v) is 7.90. The molecular weight excluding hydrogens is 394 g/mol. The van der Waals surface area contributed by atoms with Crippen LogP contribution in [0.4, 0.5) is 10.1 Å². The van der Waals surface area contributed by atoms with Crippen LogP contribution in [0, 0.1) is 19.7 Å². The lowest BCUT2D eigenvalue weighted by molar-refractivity contribution is 0.627. The molecule has 3 aromatic rings. The third-order valence-corrected chi connectivity index (χ3v) is 5.73. The van der Waals surface area contributed by atoms with Crippen molar-refractivity contribution in [2.75, 3.05) is 5.01 Å². The summed E-state index contributed by atoms with van der Waals surface area (Å²) in [4.78, 5) is 0. The van der Waals surface area contributed by atoms with Crippen molar-refractivity contribution in [1.82, 2.24) is 0 Å². The van der Waals surface area contributed by atoms with Crippen molar-refractivity contribution in [3.8, 4) is 0 Å². The number of hydrogen-bond donors (Lipinski definition) is 0. The van der Waals surface area contributed by atoms with E-state index in [0.29, 0.717) is 16.5 Å². The summed E-state index contributed by atoms with van der Waals surface area (Å²) in [5.41, 5.74) is 6.19. The van der Waals surface area contributed by atoms with Crippen molar-refractivity contribution in [2.45, 2.75) is 26.3 Å². The molecule has 2 nitrogen and oxygen atoms in total. The van der Waals surface area contributed by atoms with Crippen molar-refractivity contribution in [2.24, 2.45) is 5.10 Å². The van der Waals surface area contributed by atoms with Gasteiger partial charge in [-0.05, 0) is 72.5 Å². The average molecular weight is 413 g/mol. The molecule has 0 saturated heterocycles. The van der Waals surface area contributed by atoms with Crippen LogP contribution in [0.3, 0.4) is 0 Å². The molecule has 0 N–H and O–H groups in total. The number of nitrogens with zero attached hydrogens (tertiary/aromatic N) is 2. The van der Waals surface area contributed by atoms with Gasteiger partial charge in [0.2, 0.25) is 0 Å². The average Bonchev–Trinajstić information content (AvgIpc) is 3.09. The molecule has 0 fully saturated rings. The SMILES string of the molecule is Cc1ccc(N2N=C(c3ccc(F)cc3)CC2c2ccc(Cl)cc2Cl)cc1C. The number of anilines is 1. The van der Waals surface area contributed by atoms with Crippen molar-refractivity contribution < 1.29 is 4.39 Å². The van der Waals surface area contributed by atoms with Crippen LogP contribution in [-0.4, -0.2) is 5.71 Å². The van der Waals surface area contributed by atoms with Gasteiger partial charge in [-0.15, -0.1) is 0 Å². The summed E-state index contributed by atoms with van der Waals surface area (Å²) < 4.78 is 13.3. The van der Waals surface area contributed by atoms with E-state index in [1.54, 1.807) is 18.2 Å². The molecule has 142 valence electrons. The molecule has 0 saturated carbocycles. The summed E-state index contributed by atoms with van der Waals surface area (Å²) >= 11 is 12.6. The van der Waals surface area contributed by atoms with Gasteiger partial charge in [0, 0.05) is 16.5 Å². The molecule has 1 unspecified atom stereocenters. The molecule has 0 spiro atoms. The van der Waals surface area contributed by atoms with Gasteiger partial charge in [-0.25, -0.2) is 4.39 Å². The summed E-state index contributed by atoms with van der Waals surface area (Å²) in [5, 5.41) is 8.10. The normalized spacial score (nSPS) is 16.4. The molecule has 5 heteroatoms. The van der Waals surface area contributed by atoms with Crippen LogP contribution in [0.25, 0.3) is 0 Å². The zero-order valence-corrected chi connectivity index (χ0v) is 17.1. The molecule has 1 atom stereocenters. The van der Waals surface area contributed by atoms with Gasteiger partial charge < -0.3 is 0 Å². The second-order valence-electron chi connectivity index (χ2n) is 7.05. The molecule has 1 heterocycles. The van der Waals surface area contributed by atoms with Gasteiger partial charge in [-0.1, -0.05) is 47.5 Å². The van der Waals surface area contributed by atoms with Crippen LogP contribution < -0.4 is 5.01 Å². The zero-order chi connectivity index (χ0) is 19.8. The monoisotopic (exact) mass is 412 g/mol. The molecule has 0 aromatic heterocycles. The van der Waals surface area contributed by atoms with Gasteiger partial charge >= 0.3 is 0 Å². The molecule has 3 aromatic carbocycles. The van der Waals surface area contributed by atoms with Crippen LogP contribution in [-0.2, 0) is 0 Å². The lowest BCUT2D eigenvalue weighted by Crippen LogP contribution is -2.19. The quantitative estimate of drug-likeness (QED) is 0.447. The summed E-state index contributed by atoms with van der Waals surface area (Å²) in [5.74, 6) is -0.259. The van der Waals surface area contributed by atoms with Crippen LogP contribution in [0.5, 0.6) is 0 Å². The van der Waals surface area contributed by atoms with E-state index in [1.165, 1.54) is 23.3 Å². The Labute approximate surface area is 174 Å². The number of hydrogen-bond acceptors (Lipinski definition) is 2. The first-order chi connectivity index (χ1) is 13.4. The minimum absolute atomic E-state index is 0.0630. The lowest BCUT2D eigenvalue weighted by atomic mass is 9.98. The molecule has 1 aliphatic rings. The Morgan fingerprint density at radius 2 is 1.68 bits per heavy atom.